The maximum Gasteiger partial charge on any atom is 0.341 e. The van der Waals surface area contributed by atoms with Crippen LogP contribution >= 0.6 is 0 Å². The lowest BCUT2D eigenvalue weighted by atomic mass is 10.0. The summed E-state index contributed by atoms with van der Waals surface area (Å²) in [5.74, 6) is 4.76. The molecule has 6 heteroatoms. The zero-order chi connectivity index (χ0) is 17.1. The standard InChI is InChI=1S/C17H26N2O4/c1-3-5-8-13(4-2)11-23-17(21)14-9-6-7-10-15(14)22-12-16(20)19-18/h6-7,9-10,13H,3-5,8,11-12,18H2,1-2H3,(H,19,20)/t13-/m1/s1. The van der Waals surface area contributed by atoms with Gasteiger partial charge in [-0.2, -0.15) is 0 Å². The van der Waals surface area contributed by atoms with Crippen LogP contribution in [0.15, 0.2) is 24.3 Å². The van der Waals surface area contributed by atoms with Gasteiger partial charge in [0, 0.05) is 0 Å². The van der Waals surface area contributed by atoms with E-state index in [2.05, 4.69) is 13.8 Å². The molecule has 0 saturated heterocycles. The van der Waals surface area contributed by atoms with Gasteiger partial charge in [0.25, 0.3) is 5.91 Å². The number of hydrogen-bond acceptors (Lipinski definition) is 5. The molecular weight excluding hydrogens is 296 g/mol. The predicted molar refractivity (Wildman–Crippen MR) is 87.9 cm³/mol. The van der Waals surface area contributed by atoms with E-state index >= 15 is 0 Å². The fraction of sp³-hybridized carbons (Fsp3) is 0.529. The fourth-order valence-corrected chi connectivity index (χ4v) is 2.12. The number of nitrogens with one attached hydrogen (secondary N) is 1. The highest BCUT2D eigenvalue weighted by molar-refractivity contribution is 5.92. The van der Waals surface area contributed by atoms with E-state index in [0.717, 1.165) is 25.7 Å². The second-order valence-corrected chi connectivity index (χ2v) is 5.37. The second-order valence-electron chi connectivity index (χ2n) is 5.37. The van der Waals surface area contributed by atoms with Gasteiger partial charge in [-0.05, 0) is 24.5 Å². The van der Waals surface area contributed by atoms with Gasteiger partial charge in [0.1, 0.15) is 11.3 Å². The molecule has 0 bridgehead atoms. The van der Waals surface area contributed by atoms with E-state index in [-0.39, 0.29) is 6.61 Å². The molecule has 0 heterocycles. The molecule has 1 rings (SSSR count). The average Bonchev–Trinajstić information content (AvgIpc) is 2.59. The van der Waals surface area contributed by atoms with Crippen LogP contribution in [0.1, 0.15) is 49.9 Å². The third kappa shape index (κ3) is 6.69. The molecule has 0 fully saturated rings. The third-order valence-electron chi connectivity index (χ3n) is 3.62. The van der Waals surface area contributed by atoms with Crippen LogP contribution in [0, 0.1) is 5.92 Å². The third-order valence-corrected chi connectivity index (χ3v) is 3.62. The van der Waals surface area contributed by atoms with Crippen LogP contribution in [0.25, 0.3) is 0 Å². The summed E-state index contributed by atoms with van der Waals surface area (Å²) >= 11 is 0. The minimum atomic E-state index is -0.473. The molecule has 1 amide bonds. The SMILES string of the molecule is CCCC[C@@H](CC)COC(=O)c1ccccc1OCC(=O)NN. The van der Waals surface area contributed by atoms with Crippen molar-refractivity contribution in [2.24, 2.45) is 11.8 Å². The largest absolute Gasteiger partial charge is 0.483 e. The lowest BCUT2D eigenvalue weighted by Gasteiger charge is -2.15. The summed E-state index contributed by atoms with van der Waals surface area (Å²) in [6, 6.07) is 6.68. The summed E-state index contributed by atoms with van der Waals surface area (Å²) in [7, 11) is 0. The molecule has 0 unspecified atom stereocenters. The number of benzene rings is 1. The number of carbonyl (C=O) groups excluding carboxylic acids is 2. The van der Waals surface area contributed by atoms with Crippen molar-refractivity contribution in [2.45, 2.75) is 39.5 Å². The van der Waals surface area contributed by atoms with Crippen molar-refractivity contribution in [1.29, 1.82) is 0 Å². The van der Waals surface area contributed by atoms with Gasteiger partial charge in [0.2, 0.25) is 0 Å². The van der Waals surface area contributed by atoms with Gasteiger partial charge in [-0.25, -0.2) is 10.6 Å². The monoisotopic (exact) mass is 322 g/mol. The molecule has 0 aromatic heterocycles. The summed E-state index contributed by atoms with van der Waals surface area (Å²) in [4.78, 5) is 23.4. The van der Waals surface area contributed by atoms with E-state index in [1.54, 1.807) is 24.3 Å². The molecular formula is C17H26N2O4. The Hall–Kier alpha value is -2.08. The lowest BCUT2D eigenvalue weighted by molar-refractivity contribution is -0.123. The van der Waals surface area contributed by atoms with Crippen LogP contribution in [0.3, 0.4) is 0 Å². The summed E-state index contributed by atoms with van der Waals surface area (Å²) < 4.78 is 10.7. The van der Waals surface area contributed by atoms with Crippen molar-refractivity contribution >= 4 is 11.9 Å². The number of carbonyl (C=O) groups is 2. The molecule has 1 aromatic carbocycles. The van der Waals surface area contributed by atoms with Crippen molar-refractivity contribution in [3.8, 4) is 5.75 Å². The van der Waals surface area contributed by atoms with Crippen molar-refractivity contribution in [1.82, 2.24) is 5.43 Å². The Morgan fingerprint density at radius 2 is 2.00 bits per heavy atom. The van der Waals surface area contributed by atoms with Crippen LogP contribution in [0.5, 0.6) is 5.75 Å². The maximum absolute atomic E-state index is 12.2. The molecule has 128 valence electrons. The number of rotatable bonds is 10. The predicted octanol–water partition coefficient (Wildman–Crippen LogP) is 2.43. The van der Waals surface area contributed by atoms with Gasteiger partial charge in [0.15, 0.2) is 6.61 Å². The normalized spacial score (nSPS) is 11.6. The molecule has 23 heavy (non-hydrogen) atoms. The van der Waals surface area contributed by atoms with Crippen LogP contribution in [0.2, 0.25) is 0 Å². The van der Waals surface area contributed by atoms with Gasteiger partial charge in [-0.3, -0.25) is 10.2 Å². The van der Waals surface area contributed by atoms with Gasteiger partial charge >= 0.3 is 5.97 Å². The number of hydrogen-bond donors (Lipinski definition) is 2. The highest BCUT2D eigenvalue weighted by Gasteiger charge is 2.16. The number of esters is 1. The van der Waals surface area contributed by atoms with Gasteiger partial charge < -0.3 is 9.47 Å². The van der Waals surface area contributed by atoms with Gasteiger partial charge in [-0.1, -0.05) is 45.2 Å². The van der Waals surface area contributed by atoms with E-state index in [1.807, 2.05) is 5.43 Å². The Morgan fingerprint density at radius 3 is 2.65 bits per heavy atom. The van der Waals surface area contributed by atoms with Crippen LogP contribution in [-0.4, -0.2) is 25.1 Å². The number of para-hydroxylation sites is 1. The van der Waals surface area contributed by atoms with E-state index in [4.69, 9.17) is 15.3 Å². The number of nitrogens with two attached hydrogens (primary N) is 1. The Bertz CT molecular complexity index is 505. The number of ether oxygens (including phenoxy) is 2. The Labute approximate surface area is 137 Å². The number of hydrazine groups is 1. The topological polar surface area (TPSA) is 90.6 Å². The Balaban J connectivity index is 2.63. The van der Waals surface area contributed by atoms with E-state index < -0.39 is 11.9 Å². The maximum atomic E-state index is 12.2. The van der Waals surface area contributed by atoms with Crippen LogP contribution in [0.4, 0.5) is 0 Å². The quantitative estimate of drug-likeness (QED) is 0.299. The molecule has 0 spiro atoms. The fourth-order valence-electron chi connectivity index (χ4n) is 2.12. The minimum Gasteiger partial charge on any atom is -0.483 e. The highest BCUT2D eigenvalue weighted by Crippen LogP contribution is 2.20. The Kier molecular flexibility index (Phi) is 8.75. The first-order valence-corrected chi connectivity index (χ1v) is 8.00. The van der Waals surface area contributed by atoms with Crippen molar-refractivity contribution in [2.75, 3.05) is 13.2 Å². The summed E-state index contributed by atoms with van der Waals surface area (Å²) in [5.41, 5.74) is 2.28. The highest BCUT2D eigenvalue weighted by atomic mass is 16.5. The van der Waals surface area contributed by atoms with Crippen molar-refractivity contribution < 1.29 is 19.1 Å². The summed E-state index contributed by atoms with van der Waals surface area (Å²) in [6.45, 7) is 4.38. The molecule has 0 aliphatic heterocycles. The van der Waals surface area contributed by atoms with Crippen molar-refractivity contribution in [3.05, 3.63) is 29.8 Å². The van der Waals surface area contributed by atoms with E-state index in [1.165, 1.54) is 0 Å². The van der Waals surface area contributed by atoms with Crippen LogP contribution < -0.4 is 16.0 Å². The molecule has 0 aliphatic rings. The first-order valence-electron chi connectivity index (χ1n) is 8.00. The van der Waals surface area contributed by atoms with Crippen molar-refractivity contribution in [3.63, 3.8) is 0 Å². The first-order chi connectivity index (χ1) is 11.1. The average molecular weight is 322 g/mol. The first kappa shape index (κ1) is 19.0. The second kappa shape index (κ2) is 10.6. The molecule has 1 aromatic rings. The molecule has 0 saturated carbocycles. The summed E-state index contributed by atoms with van der Waals surface area (Å²) in [6.07, 6.45) is 4.28. The smallest absolute Gasteiger partial charge is 0.341 e. The van der Waals surface area contributed by atoms with E-state index in [0.29, 0.717) is 23.8 Å². The minimum absolute atomic E-state index is 0.255. The molecule has 6 nitrogen and oxygen atoms in total. The molecule has 1 atom stereocenters. The van der Waals surface area contributed by atoms with Crippen LogP contribution in [-0.2, 0) is 9.53 Å². The number of amides is 1. The van der Waals surface area contributed by atoms with Gasteiger partial charge in [-0.15, -0.1) is 0 Å². The van der Waals surface area contributed by atoms with E-state index in [9.17, 15) is 9.59 Å². The summed E-state index contributed by atoms with van der Waals surface area (Å²) in [5, 5.41) is 0. The molecule has 0 aliphatic carbocycles. The van der Waals surface area contributed by atoms with Gasteiger partial charge in [0.05, 0.1) is 6.61 Å². The zero-order valence-electron chi connectivity index (χ0n) is 13.8. The lowest BCUT2D eigenvalue weighted by Crippen LogP contribution is -2.34. The molecule has 0 radical (unpaired) electrons. The number of unbranched alkanes of at least 4 members (excludes halogenated alkanes) is 1. The zero-order valence-corrected chi connectivity index (χ0v) is 13.8. The Morgan fingerprint density at radius 1 is 1.26 bits per heavy atom. The molecule has 3 N–H and O–H groups in total.